The summed E-state index contributed by atoms with van der Waals surface area (Å²) in [6, 6.07) is 5.18. The van der Waals surface area contributed by atoms with Gasteiger partial charge in [-0.05, 0) is 25.2 Å². The lowest BCUT2D eigenvalue weighted by Gasteiger charge is -2.32. The van der Waals surface area contributed by atoms with Crippen LogP contribution in [-0.2, 0) is 14.8 Å². The molecule has 0 aromatic heterocycles. The summed E-state index contributed by atoms with van der Waals surface area (Å²) in [4.78, 5) is 4.63. The molecular formula is C17H26BrN3O4S. The molecule has 0 aliphatic carbocycles. The summed E-state index contributed by atoms with van der Waals surface area (Å²) in [5.41, 5.74) is 0. The van der Waals surface area contributed by atoms with Crippen LogP contribution >= 0.6 is 15.9 Å². The van der Waals surface area contributed by atoms with E-state index in [1.807, 2.05) is 13.1 Å². The number of likely N-dealkylation sites (N-methyl/N-ethyl adjacent to an activating group) is 1. The lowest BCUT2D eigenvalue weighted by Crippen LogP contribution is -2.47. The van der Waals surface area contributed by atoms with E-state index < -0.39 is 10.0 Å². The average molecular weight is 448 g/mol. The van der Waals surface area contributed by atoms with E-state index in [1.54, 1.807) is 16.4 Å². The van der Waals surface area contributed by atoms with Crippen LogP contribution in [0.15, 0.2) is 27.6 Å². The Morgan fingerprint density at radius 2 is 1.81 bits per heavy atom. The minimum atomic E-state index is -3.58. The van der Waals surface area contributed by atoms with Gasteiger partial charge in [-0.15, -0.1) is 0 Å². The van der Waals surface area contributed by atoms with Gasteiger partial charge in [0, 0.05) is 50.3 Å². The Morgan fingerprint density at radius 3 is 2.50 bits per heavy atom. The van der Waals surface area contributed by atoms with Gasteiger partial charge in [-0.25, -0.2) is 8.42 Å². The van der Waals surface area contributed by atoms with Crippen LogP contribution in [0.1, 0.15) is 0 Å². The molecule has 146 valence electrons. The molecule has 2 heterocycles. The number of sulfonamides is 1. The van der Waals surface area contributed by atoms with E-state index in [1.165, 1.54) is 0 Å². The summed E-state index contributed by atoms with van der Waals surface area (Å²) < 4.78 is 39.7. The van der Waals surface area contributed by atoms with Gasteiger partial charge in [0.25, 0.3) is 0 Å². The molecule has 2 saturated heterocycles. The first-order valence-electron chi connectivity index (χ1n) is 8.88. The molecule has 1 aromatic rings. The van der Waals surface area contributed by atoms with Gasteiger partial charge < -0.3 is 14.4 Å². The number of piperazine rings is 1. The lowest BCUT2D eigenvalue weighted by molar-refractivity contribution is 0.0321. The molecule has 0 saturated carbocycles. The van der Waals surface area contributed by atoms with Crippen molar-refractivity contribution in [3.05, 3.63) is 22.7 Å². The highest BCUT2D eigenvalue weighted by Crippen LogP contribution is 2.30. The summed E-state index contributed by atoms with van der Waals surface area (Å²) in [7, 11) is -1.57. The highest BCUT2D eigenvalue weighted by molar-refractivity contribution is 9.10. The Bertz CT molecular complexity index is 702. The molecule has 0 atom stereocenters. The zero-order chi connectivity index (χ0) is 18.6. The third-order valence-electron chi connectivity index (χ3n) is 4.75. The van der Waals surface area contributed by atoms with Crippen LogP contribution in [0, 0.1) is 0 Å². The predicted octanol–water partition coefficient (Wildman–Crippen LogP) is 1.10. The molecule has 1 aromatic carbocycles. The van der Waals surface area contributed by atoms with Gasteiger partial charge in [-0.1, -0.05) is 15.9 Å². The Hall–Kier alpha value is -0.710. The number of halogens is 1. The number of rotatable bonds is 6. The fourth-order valence-corrected chi connectivity index (χ4v) is 5.17. The van der Waals surface area contributed by atoms with Crippen molar-refractivity contribution in [1.82, 2.24) is 14.1 Å². The molecule has 0 radical (unpaired) electrons. The molecule has 0 amide bonds. The Kier molecular flexibility index (Phi) is 6.92. The van der Waals surface area contributed by atoms with Gasteiger partial charge in [-0.2, -0.15) is 4.31 Å². The van der Waals surface area contributed by atoms with Crippen molar-refractivity contribution < 1.29 is 17.9 Å². The smallest absolute Gasteiger partial charge is 0.246 e. The molecule has 3 rings (SSSR count). The molecule has 2 aliphatic rings. The lowest BCUT2D eigenvalue weighted by atomic mass is 10.3. The maximum Gasteiger partial charge on any atom is 0.246 e. The molecule has 2 aliphatic heterocycles. The second kappa shape index (κ2) is 8.99. The van der Waals surface area contributed by atoms with Crippen molar-refractivity contribution >= 4 is 26.0 Å². The number of nitrogens with zero attached hydrogens (tertiary/aromatic N) is 3. The SMILES string of the molecule is CN1CCN(S(=O)(=O)c2cc(Br)ccc2OCCN2CCOCC2)CC1. The van der Waals surface area contributed by atoms with Crippen LogP contribution in [-0.4, -0.2) is 95.2 Å². The van der Waals surface area contributed by atoms with Gasteiger partial charge in [0.05, 0.1) is 13.2 Å². The summed E-state index contributed by atoms with van der Waals surface area (Å²) in [5, 5.41) is 0. The fraction of sp³-hybridized carbons (Fsp3) is 0.647. The van der Waals surface area contributed by atoms with Crippen molar-refractivity contribution in [3.63, 3.8) is 0 Å². The van der Waals surface area contributed by atoms with E-state index in [0.717, 1.165) is 50.4 Å². The molecule has 0 unspecified atom stereocenters. The molecule has 26 heavy (non-hydrogen) atoms. The second-order valence-corrected chi connectivity index (χ2v) is 9.42. The molecule has 7 nitrogen and oxygen atoms in total. The fourth-order valence-electron chi connectivity index (χ4n) is 3.08. The van der Waals surface area contributed by atoms with Crippen molar-refractivity contribution in [3.8, 4) is 5.75 Å². The molecule has 0 N–H and O–H groups in total. The topological polar surface area (TPSA) is 62.3 Å². The van der Waals surface area contributed by atoms with Gasteiger partial charge >= 0.3 is 0 Å². The number of ether oxygens (including phenoxy) is 2. The number of benzene rings is 1. The van der Waals surface area contributed by atoms with Crippen molar-refractivity contribution in [2.24, 2.45) is 0 Å². The third kappa shape index (κ3) is 4.96. The molecule has 0 bridgehead atoms. The molecule has 0 spiro atoms. The van der Waals surface area contributed by atoms with Crippen LogP contribution in [0.3, 0.4) is 0 Å². The monoisotopic (exact) mass is 447 g/mol. The zero-order valence-electron chi connectivity index (χ0n) is 15.1. The maximum atomic E-state index is 13.1. The number of morpholine rings is 1. The van der Waals surface area contributed by atoms with Crippen LogP contribution in [0.5, 0.6) is 5.75 Å². The minimum absolute atomic E-state index is 0.235. The molecular weight excluding hydrogens is 422 g/mol. The quantitative estimate of drug-likeness (QED) is 0.650. The van der Waals surface area contributed by atoms with Crippen molar-refractivity contribution in [2.45, 2.75) is 4.90 Å². The van der Waals surface area contributed by atoms with Crippen LogP contribution in [0.25, 0.3) is 0 Å². The van der Waals surface area contributed by atoms with E-state index in [-0.39, 0.29) is 4.90 Å². The van der Waals surface area contributed by atoms with Gasteiger partial charge in [0.1, 0.15) is 17.3 Å². The van der Waals surface area contributed by atoms with E-state index in [4.69, 9.17) is 9.47 Å². The first-order valence-corrected chi connectivity index (χ1v) is 11.1. The standard InChI is InChI=1S/C17H26BrN3O4S/c1-19-4-6-21(7-5-19)26(22,23)17-14-15(18)2-3-16(17)25-13-10-20-8-11-24-12-9-20/h2-3,14H,4-13H2,1H3. The van der Waals surface area contributed by atoms with Crippen LogP contribution < -0.4 is 4.74 Å². The Labute approximate surface area is 164 Å². The highest BCUT2D eigenvalue weighted by Gasteiger charge is 2.30. The van der Waals surface area contributed by atoms with Crippen molar-refractivity contribution in [1.29, 1.82) is 0 Å². The van der Waals surface area contributed by atoms with Gasteiger partial charge in [-0.3, -0.25) is 4.90 Å². The maximum absolute atomic E-state index is 13.1. The van der Waals surface area contributed by atoms with E-state index in [0.29, 0.717) is 25.4 Å². The Morgan fingerprint density at radius 1 is 1.12 bits per heavy atom. The van der Waals surface area contributed by atoms with E-state index in [2.05, 4.69) is 25.7 Å². The molecule has 2 fully saturated rings. The largest absolute Gasteiger partial charge is 0.491 e. The van der Waals surface area contributed by atoms with Crippen LogP contribution in [0.2, 0.25) is 0 Å². The first kappa shape index (κ1) is 20.0. The van der Waals surface area contributed by atoms with Crippen molar-refractivity contribution in [2.75, 3.05) is 72.7 Å². The summed E-state index contributed by atoms with van der Waals surface area (Å²) in [5.74, 6) is 0.417. The van der Waals surface area contributed by atoms with E-state index >= 15 is 0 Å². The predicted molar refractivity (Wildman–Crippen MR) is 103 cm³/mol. The number of hydrogen-bond donors (Lipinski definition) is 0. The summed E-state index contributed by atoms with van der Waals surface area (Å²) in [6.45, 7) is 6.92. The average Bonchev–Trinajstić information content (AvgIpc) is 2.64. The molecule has 9 heteroatoms. The third-order valence-corrected chi connectivity index (χ3v) is 7.17. The summed E-state index contributed by atoms with van der Waals surface area (Å²) >= 11 is 3.38. The Balaban J connectivity index is 1.70. The second-order valence-electron chi connectivity index (χ2n) is 6.60. The highest BCUT2D eigenvalue weighted by atomic mass is 79.9. The van der Waals surface area contributed by atoms with Gasteiger partial charge in [0.15, 0.2) is 0 Å². The zero-order valence-corrected chi connectivity index (χ0v) is 17.5. The first-order chi connectivity index (χ1) is 12.5. The normalized spacial score (nSPS) is 21.0. The summed E-state index contributed by atoms with van der Waals surface area (Å²) in [6.07, 6.45) is 0. The van der Waals surface area contributed by atoms with Gasteiger partial charge in [0.2, 0.25) is 10.0 Å². The number of hydrogen-bond acceptors (Lipinski definition) is 6. The van der Waals surface area contributed by atoms with E-state index in [9.17, 15) is 8.42 Å². The van der Waals surface area contributed by atoms with Crippen LogP contribution in [0.4, 0.5) is 0 Å². The minimum Gasteiger partial charge on any atom is -0.491 e.